The number of likely N-dealkylation sites (N-methyl/N-ethyl adjacent to an activating group) is 1. The Morgan fingerprint density at radius 2 is 1.96 bits per heavy atom. The molecule has 2 aromatic rings. The molecular formula is C19H20N2O2. The van der Waals surface area contributed by atoms with Crippen LogP contribution >= 0.6 is 0 Å². The monoisotopic (exact) mass is 308 g/mol. The number of benzene rings is 2. The van der Waals surface area contributed by atoms with Crippen LogP contribution in [0.5, 0.6) is 0 Å². The van der Waals surface area contributed by atoms with E-state index >= 15 is 0 Å². The summed E-state index contributed by atoms with van der Waals surface area (Å²) in [6.45, 7) is 2.01. The molecule has 1 atom stereocenters. The van der Waals surface area contributed by atoms with Crippen molar-refractivity contribution in [1.29, 1.82) is 0 Å². The first-order valence-electron chi connectivity index (χ1n) is 7.85. The van der Waals surface area contributed by atoms with Crippen molar-refractivity contribution in [2.75, 3.05) is 17.3 Å². The van der Waals surface area contributed by atoms with Gasteiger partial charge in [-0.2, -0.15) is 0 Å². The number of carbonyl (C=O) groups is 2. The molecule has 0 radical (unpaired) electrons. The van der Waals surface area contributed by atoms with Crippen LogP contribution in [0.3, 0.4) is 0 Å². The van der Waals surface area contributed by atoms with Gasteiger partial charge in [0, 0.05) is 18.4 Å². The number of nitrogens with one attached hydrogen (secondary N) is 1. The SMILES string of the molecule is CCC(C(=O)Nc1ccc2c(c1)CC(=O)N2C)c1ccccc1. The van der Waals surface area contributed by atoms with E-state index in [4.69, 9.17) is 0 Å². The van der Waals surface area contributed by atoms with E-state index in [1.54, 1.807) is 11.9 Å². The molecule has 118 valence electrons. The molecule has 1 aliphatic rings. The van der Waals surface area contributed by atoms with E-state index in [1.807, 2.05) is 55.5 Å². The van der Waals surface area contributed by atoms with Crippen LogP contribution in [0.15, 0.2) is 48.5 Å². The Kier molecular flexibility index (Phi) is 4.15. The van der Waals surface area contributed by atoms with Gasteiger partial charge in [-0.25, -0.2) is 0 Å². The van der Waals surface area contributed by atoms with Crippen molar-refractivity contribution in [3.8, 4) is 0 Å². The molecule has 1 unspecified atom stereocenters. The highest BCUT2D eigenvalue weighted by Crippen LogP contribution is 2.30. The van der Waals surface area contributed by atoms with Gasteiger partial charge in [0.25, 0.3) is 0 Å². The molecule has 0 aliphatic carbocycles. The molecule has 3 rings (SSSR count). The second-order valence-corrected chi connectivity index (χ2v) is 5.83. The van der Waals surface area contributed by atoms with Gasteiger partial charge >= 0.3 is 0 Å². The Morgan fingerprint density at radius 3 is 2.65 bits per heavy atom. The Morgan fingerprint density at radius 1 is 1.22 bits per heavy atom. The summed E-state index contributed by atoms with van der Waals surface area (Å²) in [4.78, 5) is 26.0. The van der Waals surface area contributed by atoms with Crippen LogP contribution in [0.2, 0.25) is 0 Å². The molecular weight excluding hydrogens is 288 g/mol. The summed E-state index contributed by atoms with van der Waals surface area (Å²) < 4.78 is 0. The largest absolute Gasteiger partial charge is 0.326 e. The van der Waals surface area contributed by atoms with E-state index in [2.05, 4.69) is 5.32 Å². The van der Waals surface area contributed by atoms with Crippen LogP contribution in [-0.2, 0) is 16.0 Å². The van der Waals surface area contributed by atoms with E-state index in [-0.39, 0.29) is 17.7 Å². The molecule has 0 saturated heterocycles. The number of hydrogen-bond acceptors (Lipinski definition) is 2. The van der Waals surface area contributed by atoms with Gasteiger partial charge in [0.05, 0.1) is 12.3 Å². The first-order valence-corrected chi connectivity index (χ1v) is 7.85. The number of carbonyl (C=O) groups excluding carboxylic acids is 2. The summed E-state index contributed by atoms with van der Waals surface area (Å²) in [5.74, 6) is -0.107. The standard InChI is InChI=1S/C19H20N2O2/c1-3-16(13-7-5-4-6-8-13)19(23)20-15-9-10-17-14(11-15)12-18(22)21(17)2/h4-11,16H,3,12H2,1-2H3,(H,20,23). The van der Waals surface area contributed by atoms with Crippen molar-refractivity contribution in [1.82, 2.24) is 0 Å². The van der Waals surface area contributed by atoms with E-state index in [0.717, 1.165) is 28.9 Å². The van der Waals surface area contributed by atoms with Gasteiger partial charge in [0.1, 0.15) is 0 Å². The lowest BCUT2D eigenvalue weighted by molar-refractivity contribution is -0.118. The molecule has 23 heavy (non-hydrogen) atoms. The van der Waals surface area contributed by atoms with Crippen molar-refractivity contribution >= 4 is 23.2 Å². The quantitative estimate of drug-likeness (QED) is 0.942. The molecule has 0 saturated carbocycles. The number of hydrogen-bond donors (Lipinski definition) is 1. The highest BCUT2D eigenvalue weighted by molar-refractivity contribution is 6.02. The maximum atomic E-state index is 12.6. The van der Waals surface area contributed by atoms with Gasteiger partial charge in [0.15, 0.2) is 0 Å². The maximum Gasteiger partial charge on any atom is 0.231 e. The van der Waals surface area contributed by atoms with Crippen molar-refractivity contribution in [3.63, 3.8) is 0 Å². The fourth-order valence-corrected chi connectivity index (χ4v) is 3.04. The van der Waals surface area contributed by atoms with E-state index in [0.29, 0.717) is 6.42 Å². The molecule has 2 amide bonds. The van der Waals surface area contributed by atoms with Crippen molar-refractivity contribution < 1.29 is 9.59 Å². The minimum absolute atomic E-state index is 0.0173. The second-order valence-electron chi connectivity index (χ2n) is 5.83. The van der Waals surface area contributed by atoms with Crippen LogP contribution < -0.4 is 10.2 Å². The fraction of sp³-hybridized carbons (Fsp3) is 0.263. The number of anilines is 2. The average Bonchev–Trinajstić information content (AvgIpc) is 2.83. The van der Waals surface area contributed by atoms with Crippen LogP contribution in [0, 0.1) is 0 Å². The molecule has 0 fully saturated rings. The highest BCUT2D eigenvalue weighted by atomic mass is 16.2. The molecule has 0 bridgehead atoms. The van der Waals surface area contributed by atoms with Gasteiger partial charge in [-0.15, -0.1) is 0 Å². The highest BCUT2D eigenvalue weighted by Gasteiger charge is 2.25. The van der Waals surface area contributed by atoms with Crippen LogP contribution in [0.4, 0.5) is 11.4 Å². The zero-order valence-electron chi connectivity index (χ0n) is 13.4. The zero-order chi connectivity index (χ0) is 16.4. The normalized spacial score (nSPS) is 14.5. The van der Waals surface area contributed by atoms with Crippen molar-refractivity contribution in [2.45, 2.75) is 25.7 Å². The van der Waals surface area contributed by atoms with E-state index in [9.17, 15) is 9.59 Å². The van der Waals surface area contributed by atoms with Crippen LogP contribution in [-0.4, -0.2) is 18.9 Å². The average molecular weight is 308 g/mol. The van der Waals surface area contributed by atoms with Gasteiger partial charge in [-0.1, -0.05) is 37.3 Å². The van der Waals surface area contributed by atoms with Gasteiger partial charge in [0.2, 0.25) is 11.8 Å². The van der Waals surface area contributed by atoms with Crippen molar-refractivity contribution in [2.24, 2.45) is 0 Å². The smallest absolute Gasteiger partial charge is 0.231 e. The van der Waals surface area contributed by atoms with Gasteiger partial charge < -0.3 is 10.2 Å². The predicted octanol–water partition coefficient (Wildman–Crippen LogP) is 3.34. The summed E-state index contributed by atoms with van der Waals surface area (Å²) in [6, 6.07) is 15.4. The zero-order valence-corrected chi connectivity index (χ0v) is 13.4. The number of fused-ring (bicyclic) bond motifs is 1. The second kappa shape index (κ2) is 6.24. The Balaban J connectivity index is 1.78. The number of nitrogens with zero attached hydrogens (tertiary/aromatic N) is 1. The summed E-state index contributed by atoms with van der Waals surface area (Å²) in [5, 5.41) is 2.98. The van der Waals surface area contributed by atoms with Crippen molar-refractivity contribution in [3.05, 3.63) is 59.7 Å². The van der Waals surface area contributed by atoms with Crippen LogP contribution in [0.25, 0.3) is 0 Å². The first-order chi connectivity index (χ1) is 11.1. The fourth-order valence-electron chi connectivity index (χ4n) is 3.04. The summed E-state index contributed by atoms with van der Waals surface area (Å²) in [6.07, 6.45) is 1.13. The molecule has 1 heterocycles. The Labute approximate surface area is 136 Å². The van der Waals surface area contributed by atoms with E-state index < -0.39 is 0 Å². The van der Waals surface area contributed by atoms with Gasteiger partial charge in [-0.05, 0) is 35.7 Å². The number of amides is 2. The number of rotatable bonds is 4. The summed E-state index contributed by atoms with van der Waals surface area (Å²) >= 11 is 0. The first kappa shape index (κ1) is 15.3. The lowest BCUT2D eigenvalue weighted by Crippen LogP contribution is -2.21. The Bertz CT molecular complexity index is 740. The lowest BCUT2D eigenvalue weighted by Gasteiger charge is -2.16. The minimum atomic E-state index is -0.172. The predicted molar refractivity (Wildman–Crippen MR) is 91.7 cm³/mol. The molecule has 1 N–H and O–H groups in total. The molecule has 4 heteroatoms. The third-order valence-electron chi connectivity index (χ3n) is 4.35. The third kappa shape index (κ3) is 2.97. The van der Waals surface area contributed by atoms with Gasteiger partial charge in [-0.3, -0.25) is 9.59 Å². The minimum Gasteiger partial charge on any atom is -0.326 e. The molecule has 2 aromatic carbocycles. The maximum absolute atomic E-state index is 12.6. The summed E-state index contributed by atoms with van der Waals surface area (Å²) in [5.41, 5.74) is 3.64. The topological polar surface area (TPSA) is 49.4 Å². The molecule has 0 aromatic heterocycles. The third-order valence-corrected chi connectivity index (χ3v) is 4.35. The van der Waals surface area contributed by atoms with E-state index in [1.165, 1.54) is 0 Å². The molecule has 0 spiro atoms. The lowest BCUT2D eigenvalue weighted by atomic mass is 9.95. The Hall–Kier alpha value is -2.62. The molecule has 1 aliphatic heterocycles. The molecule has 4 nitrogen and oxygen atoms in total. The summed E-state index contributed by atoms with van der Waals surface area (Å²) in [7, 11) is 1.77. The van der Waals surface area contributed by atoms with Crippen LogP contribution in [0.1, 0.15) is 30.4 Å².